The highest BCUT2D eigenvalue weighted by atomic mass is 16.1. The lowest BCUT2D eigenvalue weighted by Crippen LogP contribution is -2.24. The first-order valence-electron chi connectivity index (χ1n) is 5.07. The molecule has 1 aromatic rings. The van der Waals surface area contributed by atoms with Gasteiger partial charge in [0.15, 0.2) is 5.78 Å². The van der Waals surface area contributed by atoms with E-state index in [4.69, 9.17) is 0 Å². The Labute approximate surface area is 88.6 Å². The third-order valence-corrected chi connectivity index (χ3v) is 2.57. The van der Waals surface area contributed by atoms with E-state index in [9.17, 15) is 9.59 Å². The van der Waals surface area contributed by atoms with Crippen molar-refractivity contribution in [2.24, 2.45) is 5.92 Å². The minimum absolute atomic E-state index is 0.0337. The van der Waals surface area contributed by atoms with E-state index in [0.29, 0.717) is 12.0 Å². The number of carbonyl (C=O) groups is 2. The van der Waals surface area contributed by atoms with Crippen molar-refractivity contribution < 1.29 is 9.59 Å². The number of rotatable bonds is 2. The molecule has 15 heavy (non-hydrogen) atoms. The van der Waals surface area contributed by atoms with E-state index in [-0.39, 0.29) is 11.6 Å². The highest BCUT2D eigenvalue weighted by molar-refractivity contribution is 6.12. The zero-order valence-corrected chi connectivity index (χ0v) is 8.35. The fraction of sp³-hybridized carbons (Fsp3) is 0.231. The lowest BCUT2D eigenvalue weighted by Gasteiger charge is -2.13. The van der Waals surface area contributed by atoms with Gasteiger partial charge in [-0.05, 0) is 6.42 Å². The molecule has 0 fully saturated rings. The minimum Gasteiger partial charge on any atom is -0.299 e. The van der Waals surface area contributed by atoms with Crippen LogP contribution in [0.4, 0.5) is 0 Å². The summed E-state index contributed by atoms with van der Waals surface area (Å²) in [6, 6.07) is 8.97. The third kappa shape index (κ3) is 2.04. The van der Waals surface area contributed by atoms with E-state index in [1.165, 1.54) is 0 Å². The van der Waals surface area contributed by atoms with Crippen LogP contribution >= 0.6 is 0 Å². The Morgan fingerprint density at radius 1 is 1.20 bits per heavy atom. The van der Waals surface area contributed by atoms with Gasteiger partial charge in [0, 0.05) is 12.0 Å². The molecular formula is C13H12O2. The fourth-order valence-corrected chi connectivity index (χ4v) is 1.74. The van der Waals surface area contributed by atoms with Crippen LogP contribution in [0.3, 0.4) is 0 Å². The van der Waals surface area contributed by atoms with Crippen molar-refractivity contribution in [1.29, 1.82) is 0 Å². The number of Topliss-reactive ketones (excluding diaryl/α,β-unsaturated/α-hetero) is 2. The smallest absolute Gasteiger partial charge is 0.177 e. The van der Waals surface area contributed by atoms with Gasteiger partial charge >= 0.3 is 0 Å². The topological polar surface area (TPSA) is 34.1 Å². The van der Waals surface area contributed by atoms with Crippen molar-refractivity contribution in [3.05, 3.63) is 48.0 Å². The Hall–Kier alpha value is -1.70. The first-order chi connectivity index (χ1) is 7.29. The predicted molar refractivity (Wildman–Crippen MR) is 57.6 cm³/mol. The van der Waals surface area contributed by atoms with Crippen molar-refractivity contribution in [2.75, 3.05) is 0 Å². The summed E-state index contributed by atoms with van der Waals surface area (Å²) in [5.74, 6) is -0.607. The average Bonchev–Trinajstić information content (AvgIpc) is 2.30. The maximum absolute atomic E-state index is 11.9. The summed E-state index contributed by atoms with van der Waals surface area (Å²) in [4.78, 5) is 23.5. The zero-order valence-electron chi connectivity index (χ0n) is 8.35. The molecule has 2 heteroatoms. The molecule has 1 aromatic carbocycles. The Balaban J connectivity index is 2.25. The van der Waals surface area contributed by atoms with E-state index in [2.05, 4.69) is 0 Å². The number of allylic oxidation sites excluding steroid dienone is 2. The van der Waals surface area contributed by atoms with Crippen LogP contribution in [-0.2, 0) is 4.79 Å². The Morgan fingerprint density at radius 2 is 1.93 bits per heavy atom. The molecule has 1 aliphatic carbocycles. The van der Waals surface area contributed by atoms with Crippen molar-refractivity contribution >= 4 is 11.6 Å². The van der Waals surface area contributed by atoms with Crippen LogP contribution in [0.2, 0.25) is 0 Å². The lowest BCUT2D eigenvalue weighted by atomic mass is 9.88. The summed E-state index contributed by atoms with van der Waals surface area (Å²) >= 11 is 0. The predicted octanol–water partition coefficient (Wildman–Crippen LogP) is 2.40. The van der Waals surface area contributed by atoms with Gasteiger partial charge in [-0.2, -0.15) is 0 Å². The minimum atomic E-state index is -0.554. The van der Waals surface area contributed by atoms with Gasteiger partial charge in [-0.3, -0.25) is 9.59 Å². The molecule has 0 saturated carbocycles. The van der Waals surface area contributed by atoms with Gasteiger partial charge in [-0.1, -0.05) is 42.5 Å². The zero-order chi connectivity index (χ0) is 10.7. The van der Waals surface area contributed by atoms with Crippen LogP contribution in [0.1, 0.15) is 23.2 Å². The molecule has 0 bridgehead atoms. The van der Waals surface area contributed by atoms with Crippen LogP contribution in [-0.4, -0.2) is 11.6 Å². The van der Waals surface area contributed by atoms with Gasteiger partial charge in [0.2, 0.25) is 0 Å². The number of hydrogen-bond acceptors (Lipinski definition) is 2. The maximum Gasteiger partial charge on any atom is 0.177 e. The highest BCUT2D eigenvalue weighted by Crippen LogP contribution is 2.18. The monoisotopic (exact) mass is 200 g/mol. The van der Waals surface area contributed by atoms with E-state index >= 15 is 0 Å². The molecule has 0 N–H and O–H groups in total. The summed E-state index contributed by atoms with van der Waals surface area (Å²) < 4.78 is 0. The molecule has 0 spiro atoms. The van der Waals surface area contributed by atoms with E-state index < -0.39 is 5.92 Å². The molecule has 0 radical (unpaired) electrons. The van der Waals surface area contributed by atoms with Crippen LogP contribution < -0.4 is 0 Å². The van der Waals surface area contributed by atoms with Crippen LogP contribution in [0.15, 0.2) is 42.5 Å². The molecule has 0 amide bonds. The lowest BCUT2D eigenvalue weighted by molar-refractivity contribution is -0.120. The molecule has 2 rings (SSSR count). The molecule has 0 heterocycles. The second kappa shape index (κ2) is 4.22. The second-order valence-corrected chi connectivity index (χ2v) is 3.64. The molecule has 1 aliphatic rings. The Kier molecular flexibility index (Phi) is 2.77. The van der Waals surface area contributed by atoms with Gasteiger partial charge in [0.1, 0.15) is 5.78 Å². The normalized spacial score (nSPS) is 20.3. The molecule has 0 aromatic heterocycles. The van der Waals surface area contributed by atoms with Gasteiger partial charge in [0.25, 0.3) is 0 Å². The van der Waals surface area contributed by atoms with Gasteiger partial charge in [0.05, 0.1) is 5.92 Å². The number of ketones is 2. The number of benzene rings is 1. The number of hydrogen-bond donors (Lipinski definition) is 0. The molecule has 2 nitrogen and oxygen atoms in total. The second-order valence-electron chi connectivity index (χ2n) is 3.64. The molecular weight excluding hydrogens is 188 g/mol. The van der Waals surface area contributed by atoms with Crippen LogP contribution in [0.25, 0.3) is 0 Å². The summed E-state index contributed by atoms with van der Waals surface area (Å²) in [5.41, 5.74) is 0.613. The SMILES string of the molecule is O=C1CCC=CC1C(=O)c1ccccc1. The first kappa shape index (κ1) is 9.84. The molecule has 0 saturated heterocycles. The van der Waals surface area contributed by atoms with Gasteiger partial charge < -0.3 is 0 Å². The van der Waals surface area contributed by atoms with Crippen LogP contribution in [0, 0.1) is 5.92 Å². The van der Waals surface area contributed by atoms with Crippen molar-refractivity contribution in [3.63, 3.8) is 0 Å². The summed E-state index contributed by atoms with van der Waals surface area (Å²) in [5, 5.41) is 0. The third-order valence-electron chi connectivity index (χ3n) is 2.57. The molecule has 1 atom stereocenters. The molecule has 76 valence electrons. The largest absolute Gasteiger partial charge is 0.299 e. The quantitative estimate of drug-likeness (QED) is 0.417. The van der Waals surface area contributed by atoms with Gasteiger partial charge in [-0.25, -0.2) is 0 Å². The fourth-order valence-electron chi connectivity index (χ4n) is 1.74. The summed E-state index contributed by atoms with van der Waals surface area (Å²) in [6.45, 7) is 0. The Morgan fingerprint density at radius 3 is 2.60 bits per heavy atom. The molecule has 1 unspecified atom stereocenters. The first-order valence-corrected chi connectivity index (χ1v) is 5.07. The van der Waals surface area contributed by atoms with E-state index in [0.717, 1.165) is 6.42 Å². The van der Waals surface area contributed by atoms with Crippen LogP contribution in [0.5, 0.6) is 0 Å². The highest BCUT2D eigenvalue weighted by Gasteiger charge is 2.25. The maximum atomic E-state index is 11.9. The Bertz CT molecular complexity index is 404. The molecule has 0 aliphatic heterocycles. The summed E-state index contributed by atoms with van der Waals surface area (Å²) in [6.07, 6.45) is 4.88. The van der Waals surface area contributed by atoms with Gasteiger partial charge in [-0.15, -0.1) is 0 Å². The summed E-state index contributed by atoms with van der Waals surface area (Å²) in [7, 11) is 0. The standard InChI is InChI=1S/C13H12O2/c14-12-9-5-4-8-11(12)13(15)10-6-2-1-3-7-10/h1-4,6-8,11H,5,9H2. The number of carbonyl (C=O) groups excluding carboxylic acids is 2. The van der Waals surface area contributed by atoms with E-state index in [1.807, 2.05) is 24.3 Å². The van der Waals surface area contributed by atoms with E-state index in [1.54, 1.807) is 18.2 Å². The van der Waals surface area contributed by atoms with Crippen molar-refractivity contribution in [3.8, 4) is 0 Å². The van der Waals surface area contributed by atoms with Crippen molar-refractivity contribution in [1.82, 2.24) is 0 Å². The van der Waals surface area contributed by atoms with Crippen molar-refractivity contribution in [2.45, 2.75) is 12.8 Å². The average molecular weight is 200 g/mol.